The van der Waals surface area contributed by atoms with Gasteiger partial charge in [0.2, 0.25) is 5.91 Å². The first-order valence-electron chi connectivity index (χ1n) is 18.4. The minimum atomic E-state index is -1.25. The van der Waals surface area contributed by atoms with E-state index >= 15 is 0 Å². The molecule has 16 nitrogen and oxygen atoms in total. The Morgan fingerprint density at radius 3 is 2.05 bits per heavy atom. The molecule has 2 aliphatic rings. The Labute approximate surface area is 338 Å². The number of hydrogen-bond acceptors (Lipinski definition) is 11. The molecule has 4 amide bonds. The number of nitrogens with zero attached hydrogens (tertiary/aromatic N) is 2. The topological polar surface area (TPSA) is 242 Å². The van der Waals surface area contributed by atoms with Crippen molar-refractivity contribution in [2.75, 3.05) is 21.1 Å². The Morgan fingerprint density at radius 1 is 0.881 bits per heavy atom. The van der Waals surface area contributed by atoms with Crippen LogP contribution in [0.3, 0.4) is 0 Å². The van der Waals surface area contributed by atoms with Gasteiger partial charge in [-0.05, 0) is 118 Å². The second-order valence-electron chi connectivity index (χ2n) is 14.6. The summed E-state index contributed by atoms with van der Waals surface area (Å²) in [6.07, 6.45) is 3.39. The zero-order valence-corrected chi connectivity index (χ0v) is 32.2. The third kappa shape index (κ3) is 8.85. The molecule has 6 rings (SSSR count). The summed E-state index contributed by atoms with van der Waals surface area (Å²) >= 11 is 0. The van der Waals surface area contributed by atoms with E-state index in [0.29, 0.717) is 34.7 Å². The van der Waals surface area contributed by atoms with Gasteiger partial charge in [0.1, 0.15) is 5.54 Å². The number of phenolic OH excluding ortho intramolecular Hbond substituents is 1. The number of carbonyl (C=O) groups excluding carboxylic acids is 4. The molecule has 1 unspecified atom stereocenters. The number of hydrazine groups is 1. The van der Waals surface area contributed by atoms with E-state index in [4.69, 9.17) is 15.1 Å². The fourth-order valence-corrected chi connectivity index (χ4v) is 6.47. The number of rotatable bonds is 15. The van der Waals surface area contributed by atoms with Crippen molar-refractivity contribution >= 4 is 52.3 Å². The quantitative estimate of drug-likeness (QED) is 0.0514. The molecule has 3 atom stereocenters. The molecule has 4 aromatic rings. The molecular formula is C43H41N7O9. The molecule has 1 saturated carbocycles. The van der Waals surface area contributed by atoms with E-state index in [2.05, 4.69) is 33.3 Å². The predicted molar refractivity (Wildman–Crippen MR) is 217 cm³/mol. The summed E-state index contributed by atoms with van der Waals surface area (Å²) in [6, 6.07) is 22.4. The fourth-order valence-electron chi connectivity index (χ4n) is 6.47. The van der Waals surface area contributed by atoms with Gasteiger partial charge >= 0.3 is 5.97 Å². The molecule has 0 spiro atoms. The third-order valence-electron chi connectivity index (χ3n) is 9.87. The van der Waals surface area contributed by atoms with E-state index in [1.165, 1.54) is 60.7 Å². The van der Waals surface area contributed by atoms with Crippen molar-refractivity contribution in [2.24, 2.45) is 11.3 Å². The molecule has 1 fully saturated rings. The van der Waals surface area contributed by atoms with E-state index in [1.54, 1.807) is 57.2 Å². The number of aromatic hydroxyl groups is 1. The first-order valence-corrected chi connectivity index (χ1v) is 18.4. The molecule has 4 aromatic carbocycles. The lowest BCUT2D eigenvalue weighted by atomic mass is 9.74. The minimum Gasteiger partial charge on any atom is -0.504 e. The summed E-state index contributed by atoms with van der Waals surface area (Å²) in [7, 11) is 0. The predicted octanol–water partition coefficient (Wildman–Crippen LogP) is 5.95. The highest BCUT2D eigenvalue weighted by Gasteiger charge is 2.61. The first kappa shape index (κ1) is 41.0. The standard InChI is InChI=1S/C43H41N7O9/c1-5-28-20-43(28,48-40(56)42(4)21-31(22-42)49-50(58)32-16-6-25(23-44)7-17-32)41(57)46-30-12-8-26(9-13-30)37(52)47-34-19-18-33(35(51)36(34)59-24(2)3)38(53)45-29-14-10-27(11-15-29)39(54)55/h5-19,21,24,28,49,51,58H,1,20,22H2,2-4H3,(H,45,53)(H,46,57)(H,47,52)(H,48,56)(H,54,55)/t28-,42?,43-/m0/s1. The summed E-state index contributed by atoms with van der Waals surface area (Å²) in [5.41, 5.74) is 2.82. The van der Waals surface area contributed by atoms with Gasteiger partial charge in [0.05, 0.1) is 45.7 Å². The third-order valence-corrected chi connectivity index (χ3v) is 9.87. The lowest BCUT2D eigenvalue weighted by Gasteiger charge is -2.38. The first-order chi connectivity index (χ1) is 28.0. The number of amides is 4. The maximum Gasteiger partial charge on any atom is 0.335 e. The highest BCUT2D eigenvalue weighted by molar-refractivity contribution is 6.10. The molecule has 16 heteroatoms. The van der Waals surface area contributed by atoms with Crippen molar-refractivity contribution in [3.8, 4) is 17.6 Å². The van der Waals surface area contributed by atoms with Gasteiger partial charge < -0.3 is 36.2 Å². The Hall–Kier alpha value is -7.64. The van der Waals surface area contributed by atoms with Crippen LogP contribution in [0.1, 0.15) is 70.3 Å². The second kappa shape index (κ2) is 16.5. The average Bonchev–Trinajstić information content (AvgIpc) is 3.92. The number of nitrogens with one attached hydrogen (secondary N) is 5. The van der Waals surface area contributed by atoms with E-state index in [1.807, 2.05) is 6.07 Å². The number of anilines is 4. The Morgan fingerprint density at radius 2 is 1.49 bits per heavy atom. The van der Waals surface area contributed by atoms with Gasteiger partial charge in [-0.3, -0.25) is 29.8 Å². The van der Waals surface area contributed by atoms with Gasteiger partial charge in [-0.2, -0.15) is 10.4 Å². The van der Waals surface area contributed by atoms with Gasteiger partial charge in [0.15, 0.2) is 11.5 Å². The Bertz CT molecular complexity index is 2410. The lowest BCUT2D eigenvalue weighted by Crippen LogP contribution is -2.54. The maximum absolute atomic E-state index is 13.7. The number of carbonyl (C=O) groups is 5. The molecule has 0 aliphatic heterocycles. The Balaban J connectivity index is 1.08. The van der Waals surface area contributed by atoms with Crippen molar-refractivity contribution in [3.63, 3.8) is 0 Å². The maximum atomic E-state index is 13.7. The molecule has 0 bridgehead atoms. The molecule has 59 heavy (non-hydrogen) atoms. The van der Waals surface area contributed by atoms with Crippen LogP contribution in [0.4, 0.5) is 22.7 Å². The summed E-state index contributed by atoms with van der Waals surface area (Å²) in [5, 5.41) is 51.5. The average molecular weight is 800 g/mol. The summed E-state index contributed by atoms with van der Waals surface area (Å²) in [4.78, 5) is 64.7. The van der Waals surface area contributed by atoms with Crippen LogP contribution < -0.4 is 36.6 Å². The molecule has 8 N–H and O–H groups in total. The van der Waals surface area contributed by atoms with Crippen LogP contribution in [-0.4, -0.2) is 56.7 Å². The van der Waals surface area contributed by atoms with Gasteiger partial charge in [0.25, 0.3) is 17.7 Å². The number of phenols is 1. The van der Waals surface area contributed by atoms with Gasteiger partial charge in [0, 0.05) is 35.0 Å². The number of aromatic carboxylic acids is 1. The fraction of sp³-hybridized carbons (Fsp3) is 0.209. The van der Waals surface area contributed by atoms with Crippen molar-refractivity contribution in [1.82, 2.24) is 10.7 Å². The molecule has 0 heterocycles. The van der Waals surface area contributed by atoms with Crippen LogP contribution in [0, 0.1) is 22.7 Å². The highest BCUT2D eigenvalue weighted by atomic mass is 16.5. The minimum absolute atomic E-state index is 0.0354. The number of carboxylic acid groups (broad SMARTS) is 1. The number of benzene rings is 4. The van der Waals surface area contributed by atoms with Crippen molar-refractivity contribution < 1.29 is 44.1 Å². The number of allylic oxidation sites excluding steroid dienone is 1. The SMILES string of the molecule is C=C[C@H]1C[C@@]1(NC(=O)C1(C)C=C(NN(O)c2ccc(C#N)cc2)C1)C(=O)Nc1ccc(C(=O)Nc2ccc(C(=O)Nc3ccc(C(=O)O)cc3)c(O)c2OC(C)C)cc1. The summed E-state index contributed by atoms with van der Waals surface area (Å²) in [6.45, 7) is 8.94. The van der Waals surface area contributed by atoms with Crippen molar-refractivity contribution in [1.29, 1.82) is 5.26 Å². The highest BCUT2D eigenvalue weighted by Crippen LogP contribution is 2.47. The molecular weight excluding hydrogens is 759 g/mol. The second-order valence-corrected chi connectivity index (χ2v) is 14.6. The molecule has 2 aliphatic carbocycles. The van der Waals surface area contributed by atoms with Crippen LogP contribution in [-0.2, 0) is 9.59 Å². The molecule has 302 valence electrons. The monoisotopic (exact) mass is 799 g/mol. The number of hydrogen-bond donors (Lipinski definition) is 8. The molecule has 0 saturated heterocycles. The van der Waals surface area contributed by atoms with Crippen LogP contribution in [0.15, 0.2) is 109 Å². The van der Waals surface area contributed by atoms with Crippen LogP contribution in [0.5, 0.6) is 11.5 Å². The van der Waals surface area contributed by atoms with E-state index in [9.17, 15) is 34.3 Å². The van der Waals surface area contributed by atoms with Gasteiger partial charge in [-0.1, -0.05) is 6.08 Å². The van der Waals surface area contributed by atoms with Crippen LogP contribution >= 0.6 is 0 Å². The number of carboxylic acids is 1. The summed E-state index contributed by atoms with van der Waals surface area (Å²) < 4.78 is 5.80. The van der Waals surface area contributed by atoms with Gasteiger partial charge in [-0.15, -0.1) is 6.58 Å². The van der Waals surface area contributed by atoms with Gasteiger partial charge in [-0.25, -0.2) is 4.79 Å². The zero-order valence-electron chi connectivity index (χ0n) is 32.2. The smallest absolute Gasteiger partial charge is 0.335 e. The lowest BCUT2D eigenvalue weighted by molar-refractivity contribution is -0.133. The molecule has 0 aromatic heterocycles. The largest absolute Gasteiger partial charge is 0.504 e. The van der Waals surface area contributed by atoms with Crippen molar-refractivity contribution in [2.45, 2.75) is 45.3 Å². The van der Waals surface area contributed by atoms with Crippen LogP contribution in [0.25, 0.3) is 0 Å². The van der Waals surface area contributed by atoms with E-state index in [0.717, 1.165) is 5.17 Å². The van der Waals surface area contributed by atoms with E-state index < -0.39 is 46.5 Å². The Kier molecular flexibility index (Phi) is 11.4. The summed E-state index contributed by atoms with van der Waals surface area (Å²) in [5.74, 6) is -4.24. The van der Waals surface area contributed by atoms with Crippen molar-refractivity contribution in [3.05, 3.63) is 132 Å². The number of nitriles is 1. The number of ether oxygens (including phenoxy) is 1. The van der Waals surface area contributed by atoms with Crippen LogP contribution in [0.2, 0.25) is 0 Å². The zero-order chi connectivity index (χ0) is 42.6. The van der Waals surface area contributed by atoms with E-state index in [-0.39, 0.29) is 46.4 Å². The normalized spacial score (nSPS) is 18.8. The molecule has 0 radical (unpaired) electrons.